The highest BCUT2D eigenvalue weighted by molar-refractivity contribution is 7.09. The van der Waals surface area contributed by atoms with Crippen LogP contribution in [-0.4, -0.2) is 28.4 Å². The Morgan fingerprint density at radius 3 is 2.56 bits per heavy atom. The minimum Gasteiger partial charge on any atom is -0.340 e. The monoisotopic (exact) mass is 288 g/mol. The maximum absolute atomic E-state index is 12.2. The Bertz CT molecular complexity index is 390. The van der Waals surface area contributed by atoms with Crippen LogP contribution in [0.2, 0.25) is 0 Å². The van der Waals surface area contributed by atoms with Crippen LogP contribution in [0.5, 0.6) is 0 Å². The van der Waals surface area contributed by atoms with Crippen LogP contribution in [0.1, 0.15) is 38.4 Å². The van der Waals surface area contributed by atoms with Gasteiger partial charge in [-0.3, -0.25) is 4.79 Å². The molecule has 0 aliphatic heterocycles. The van der Waals surface area contributed by atoms with Gasteiger partial charge in [-0.2, -0.15) is 0 Å². The average Bonchev–Trinajstić information content (AvgIpc) is 2.72. The van der Waals surface area contributed by atoms with Crippen LogP contribution in [0.4, 0.5) is 0 Å². The van der Waals surface area contributed by atoms with Crippen molar-refractivity contribution in [3.8, 4) is 0 Å². The zero-order valence-electron chi connectivity index (χ0n) is 11.4. The number of hydrogen-bond donors (Lipinski definition) is 0. The van der Waals surface area contributed by atoms with E-state index in [0.29, 0.717) is 18.2 Å². The first-order valence-corrected chi connectivity index (χ1v) is 7.64. The van der Waals surface area contributed by atoms with E-state index in [1.54, 1.807) is 0 Å². The van der Waals surface area contributed by atoms with Crippen LogP contribution in [0.25, 0.3) is 0 Å². The van der Waals surface area contributed by atoms with Gasteiger partial charge in [-0.15, -0.1) is 22.9 Å². The molecule has 0 radical (unpaired) electrons. The third-order valence-electron chi connectivity index (χ3n) is 2.54. The molecule has 0 fully saturated rings. The van der Waals surface area contributed by atoms with Crippen molar-refractivity contribution < 1.29 is 4.79 Å². The molecule has 1 aromatic heterocycles. The number of alkyl halides is 1. The molecule has 102 valence electrons. The lowest BCUT2D eigenvalue weighted by atomic mass is 10.1. The summed E-state index contributed by atoms with van der Waals surface area (Å²) in [5.74, 6) is 1.03. The summed E-state index contributed by atoms with van der Waals surface area (Å²) in [6, 6.07) is 0.229. The van der Waals surface area contributed by atoms with Crippen molar-refractivity contribution in [1.82, 2.24) is 9.88 Å². The van der Waals surface area contributed by atoms with Gasteiger partial charge in [-0.25, -0.2) is 4.98 Å². The van der Waals surface area contributed by atoms with Crippen LogP contribution >= 0.6 is 22.9 Å². The van der Waals surface area contributed by atoms with E-state index in [9.17, 15) is 4.79 Å². The summed E-state index contributed by atoms with van der Waals surface area (Å²) in [5, 5.41) is 2.77. The highest BCUT2D eigenvalue weighted by Gasteiger charge is 2.19. The first kappa shape index (κ1) is 15.4. The van der Waals surface area contributed by atoms with Crippen LogP contribution in [0, 0.1) is 5.92 Å². The lowest BCUT2D eigenvalue weighted by Crippen LogP contribution is -2.40. The van der Waals surface area contributed by atoms with Crippen molar-refractivity contribution in [3.05, 3.63) is 16.1 Å². The summed E-state index contributed by atoms with van der Waals surface area (Å²) in [5.41, 5.74) is 0.851. The lowest BCUT2D eigenvalue weighted by Gasteiger charge is -2.28. The Hall–Kier alpha value is -0.610. The molecule has 0 bridgehead atoms. The standard InChI is InChI=1S/C13H21ClN2OS/c1-9(2)7-16(10(3)4)13(17)5-12-15-11(6-14)8-18-12/h8-10H,5-7H2,1-4H3. The minimum absolute atomic E-state index is 0.147. The Morgan fingerprint density at radius 2 is 2.11 bits per heavy atom. The molecule has 1 amide bonds. The van der Waals surface area contributed by atoms with Gasteiger partial charge in [0.05, 0.1) is 18.0 Å². The van der Waals surface area contributed by atoms with Crippen LogP contribution in [0.3, 0.4) is 0 Å². The molecule has 0 N–H and O–H groups in total. The molecule has 1 aromatic rings. The topological polar surface area (TPSA) is 33.2 Å². The molecule has 0 aliphatic rings. The fourth-order valence-corrected chi connectivity index (χ4v) is 2.73. The van der Waals surface area contributed by atoms with Crippen molar-refractivity contribution in [2.75, 3.05) is 6.54 Å². The zero-order valence-corrected chi connectivity index (χ0v) is 13.0. The fraction of sp³-hybridized carbons (Fsp3) is 0.692. The minimum atomic E-state index is 0.147. The highest BCUT2D eigenvalue weighted by atomic mass is 35.5. The summed E-state index contributed by atoms with van der Waals surface area (Å²) in [7, 11) is 0. The van der Waals surface area contributed by atoms with Gasteiger partial charge in [-0.05, 0) is 19.8 Å². The van der Waals surface area contributed by atoms with Crippen molar-refractivity contribution in [1.29, 1.82) is 0 Å². The number of halogens is 1. The number of carbonyl (C=O) groups excluding carboxylic acids is 1. The van der Waals surface area contributed by atoms with E-state index < -0.39 is 0 Å². The molecule has 0 saturated carbocycles. The second-order valence-electron chi connectivity index (χ2n) is 5.08. The highest BCUT2D eigenvalue weighted by Crippen LogP contribution is 2.14. The zero-order chi connectivity index (χ0) is 13.7. The van der Waals surface area contributed by atoms with Gasteiger partial charge in [0.1, 0.15) is 5.01 Å². The van der Waals surface area contributed by atoms with E-state index in [-0.39, 0.29) is 11.9 Å². The van der Waals surface area contributed by atoms with Crippen molar-refractivity contribution >= 4 is 28.8 Å². The second kappa shape index (κ2) is 7.10. The molecule has 3 nitrogen and oxygen atoms in total. The summed E-state index contributed by atoms with van der Waals surface area (Å²) in [6.07, 6.45) is 0.381. The fourth-order valence-electron chi connectivity index (χ4n) is 1.72. The molecule has 0 spiro atoms. The van der Waals surface area contributed by atoms with E-state index in [4.69, 9.17) is 11.6 Å². The molecule has 0 saturated heterocycles. The predicted molar refractivity (Wildman–Crippen MR) is 77.1 cm³/mol. The molecule has 0 aromatic carbocycles. The van der Waals surface area contributed by atoms with Crippen LogP contribution in [0.15, 0.2) is 5.38 Å². The lowest BCUT2D eigenvalue weighted by molar-refractivity contribution is -0.132. The number of nitrogens with zero attached hydrogens (tertiary/aromatic N) is 2. The van der Waals surface area contributed by atoms with Gasteiger partial charge in [0.2, 0.25) is 5.91 Å². The molecule has 0 atom stereocenters. The average molecular weight is 289 g/mol. The van der Waals surface area contributed by atoms with Crippen molar-refractivity contribution in [2.24, 2.45) is 5.92 Å². The Morgan fingerprint density at radius 1 is 1.44 bits per heavy atom. The Balaban J connectivity index is 2.66. The summed E-state index contributed by atoms with van der Waals surface area (Å²) in [4.78, 5) is 18.5. The first-order valence-electron chi connectivity index (χ1n) is 6.22. The molecule has 5 heteroatoms. The van der Waals surface area contributed by atoms with Gasteiger partial charge < -0.3 is 4.90 Å². The van der Waals surface area contributed by atoms with Gasteiger partial charge in [-0.1, -0.05) is 13.8 Å². The maximum Gasteiger partial charge on any atom is 0.229 e. The van der Waals surface area contributed by atoms with Gasteiger partial charge in [0.15, 0.2) is 0 Å². The maximum atomic E-state index is 12.2. The normalized spacial score (nSPS) is 11.3. The quantitative estimate of drug-likeness (QED) is 0.753. The van der Waals surface area contributed by atoms with E-state index in [2.05, 4.69) is 18.8 Å². The number of carbonyl (C=O) groups is 1. The molecule has 1 heterocycles. The van der Waals surface area contributed by atoms with Crippen molar-refractivity contribution in [3.63, 3.8) is 0 Å². The predicted octanol–water partition coefficient (Wildman–Crippen LogP) is 3.32. The molecule has 18 heavy (non-hydrogen) atoms. The molecular weight excluding hydrogens is 268 g/mol. The summed E-state index contributed by atoms with van der Waals surface area (Å²) in [6.45, 7) is 9.14. The number of hydrogen-bond acceptors (Lipinski definition) is 3. The van der Waals surface area contributed by atoms with Gasteiger partial charge in [0, 0.05) is 18.0 Å². The van der Waals surface area contributed by atoms with E-state index in [1.807, 2.05) is 24.1 Å². The summed E-state index contributed by atoms with van der Waals surface area (Å²) >= 11 is 7.21. The second-order valence-corrected chi connectivity index (χ2v) is 6.29. The van der Waals surface area contributed by atoms with E-state index in [0.717, 1.165) is 17.2 Å². The third kappa shape index (κ3) is 4.58. The van der Waals surface area contributed by atoms with Crippen LogP contribution in [-0.2, 0) is 17.1 Å². The molecule has 1 rings (SSSR count). The molecule has 0 aliphatic carbocycles. The Kier molecular flexibility index (Phi) is 6.09. The van der Waals surface area contributed by atoms with E-state index >= 15 is 0 Å². The number of aromatic nitrogens is 1. The number of amides is 1. The largest absolute Gasteiger partial charge is 0.340 e. The van der Waals surface area contributed by atoms with Gasteiger partial charge >= 0.3 is 0 Å². The first-order chi connectivity index (χ1) is 8.43. The summed E-state index contributed by atoms with van der Waals surface area (Å²) < 4.78 is 0. The third-order valence-corrected chi connectivity index (χ3v) is 3.72. The van der Waals surface area contributed by atoms with Gasteiger partial charge in [0.25, 0.3) is 0 Å². The van der Waals surface area contributed by atoms with E-state index in [1.165, 1.54) is 11.3 Å². The number of thiazole rings is 1. The Labute approximate surface area is 118 Å². The SMILES string of the molecule is CC(C)CN(C(=O)Cc1nc(CCl)cs1)C(C)C. The molecule has 0 unspecified atom stereocenters. The smallest absolute Gasteiger partial charge is 0.229 e. The van der Waals surface area contributed by atoms with Crippen LogP contribution < -0.4 is 0 Å². The van der Waals surface area contributed by atoms with Crippen molar-refractivity contribution in [2.45, 2.75) is 46.0 Å². The molecular formula is C13H21ClN2OS. The number of rotatable bonds is 6.